The molecule has 0 spiro atoms. The molecule has 4 heteroatoms. The first-order valence-corrected chi connectivity index (χ1v) is 7.09. The molecule has 0 aromatic carbocycles. The standard InChI is InChI=1S/C11H20IN3/c1-15-10-11(9-14-15)5-8-13-7-4-2-3-6-12/h9-10,13H,2-8H2,1H3. The van der Waals surface area contributed by atoms with Gasteiger partial charge in [0.25, 0.3) is 0 Å². The van der Waals surface area contributed by atoms with Crippen LogP contribution in [-0.4, -0.2) is 27.3 Å². The quantitative estimate of drug-likeness (QED) is 0.452. The first kappa shape index (κ1) is 13.0. The molecule has 0 unspecified atom stereocenters. The normalized spacial score (nSPS) is 10.8. The number of nitrogens with zero attached hydrogens (tertiary/aromatic N) is 2. The Labute approximate surface area is 106 Å². The highest BCUT2D eigenvalue weighted by molar-refractivity contribution is 14.1. The number of halogens is 1. The Morgan fingerprint density at radius 2 is 2.20 bits per heavy atom. The predicted molar refractivity (Wildman–Crippen MR) is 72.5 cm³/mol. The molecule has 0 saturated carbocycles. The van der Waals surface area contributed by atoms with E-state index >= 15 is 0 Å². The van der Waals surface area contributed by atoms with Crippen molar-refractivity contribution < 1.29 is 0 Å². The van der Waals surface area contributed by atoms with Crippen LogP contribution in [0.5, 0.6) is 0 Å². The summed E-state index contributed by atoms with van der Waals surface area (Å²) in [6, 6.07) is 0. The second kappa shape index (κ2) is 8.10. The number of unbranched alkanes of at least 4 members (excludes halogenated alkanes) is 2. The minimum atomic E-state index is 1.07. The lowest BCUT2D eigenvalue weighted by atomic mass is 10.2. The summed E-state index contributed by atoms with van der Waals surface area (Å²) in [6.45, 7) is 2.22. The zero-order chi connectivity index (χ0) is 10.9. The molecule has 1 aromatic rings. The molecule has 15 heavy (non-hydrogen) atoms. The fraction of sp³-hybridized carbons (Fsp3) is 0.727. The molecule has 0 fully saturated rings. The molecule has 1 aromatic heterocycles. The Kier molecular flexibility index (Phi) is 7.00. The summed E-state index contributed by atoms with van der Waals surface area (Å²) < 4.78 is 3.14. The Morgan fingerprint density at radius 1 is 1.33 bits per heavy atom. The van der Waals surface area contributed by atoms with Crippen LogP contribution in [0.4, 0.5) is 0 Å². The number of aromatic nitrogens is 2. The maximum absolute atomic E-state index is 4.14. The summed E-state index contributed by atoms with van der Waals surface area (Å²) in [5.41, 5.74) is 1.32. The van der Waals surface area contributed by atoms with E-state index in [0.29, 0.717) is 0 Å². The Balaban J connectivity index is 1.93. The number of hydrogen-bond acceptors (Lipinski definition) is 2. The second-order valence-corrected chi connectivity index (χ2v) is 4.85. The van der Waals surface area contributed by atoms with Gasteiger partial charge in [-0.25, -0.2) is 0 Å². The summed E-state index contributed by atoms with van der Waals surface area (Å²) in [6.07, 6.45) is 9.11. The third kappa shape index (κ3) is 6.14. The van der Waals surface area contributed by atoms with E-state index in [1.165, 1.54) is 29.3 Å². The van der Waals surface area contributed by atoms with Crippen molar-refractivity contribution in [2.24, 2.45) is 7.05 Å². The van der Waals surface area contributed by atoms with E-state index in [9.17, 15) is 0 Å². The van der Waals surface area contributed by atoms with E-state index in [0.717, 1.165) is 19.5 Å². The van der Waals surface area contributed by atoms with Gasteiger partial charge in [0.2, 0.25) is 0 Å². The van der Waals surface area contributed by atoms with Crippen molar-refractivity contribution in [1.82, 2.24) is 15.1 Å². The summed E-state index contributed by atoms with van der Waals surface area (Å²) in [5, 5.41) is 7.61. The van der Waals surface area contributed by atoms with Crippen LogP contribution in [0.2, 0.25) is 0 Å². The fourth-order valence-electron chi connectivity index (χ4n) is 1.48. The molecular weight excluding hydrogens is 301 g/mol. The van der Waals surface area contributed by atoms with Crippen molar-refractivity contribution in [3.05, 3.63) is 18.0 Å². The molecule has 0 atom stereocenters. The zero-order valence-corrected chi connectivity index (χ0v) is 11.5. The minimum Gasteiger partial charge on any atom is -0.316 e. The van der Waals surface area contributed by atoms with E-state index in [1.807, 2.05) is 17.9 Å². The van der Waals surface area contributed by atoms with Gasteiger partial charge in [0.15, 0.2) is 0 Å². The lowest BCUT2D eigenvalue weighted by molar-refractivity contribution is 0.619. The summed E-state index contributed by atoms with van der Waals surface area (Å²) in [7, 11) is 1.96. The maximum Gasteiger partial charge on any atom is 0.0522 e. The van der Waals surface area contributed by atoms with Gasteiger partial charge in [-0.2, -0.15) is 5.10 Å². The number of nitrogens with one attached hydrogen (secondary N) is 1. The summed E-state index contributed by atoms with van der Waals surface area (Å²) >= 11 is 2.44. The molecule has 1 rings (SSSR count). The Bertz CT molecular complexity index is 260. The smallest absolute Gasteiger partial charge is 0.0522 e. The average molecular weight is 321 g/mol. The Hall–Kier alpha value is -0.100. The first-order chi connectivity index (χ1) is 7.33. The van der Waals surface area contributed by atoms with Crippen LogP contribution < -0.4 is 5.32 Å². The van der Waals surface area contributed by atoms with Gasteiger partial charge >= 0.3 is 0 Å². The average Bonchev–Trinajstić information content (AvgIpc) is 2.63. The van der Waals surface area contributed by atoms with E-state index in [2.05, 4.69) is 39.2 Å². The summed E-state index contributed by atoms with van der Waals surface area (Å²) in [5.74, 6) is 0. The van der Waals surface area contributed by atoms with E-state index in [-0.39, 0.29) is 0 Å². The van der Waals surface area contributed by atoms with Crippen LogP contribution in [0.1, 0.15) is 24.8 Å². The van der Waals surface area contributed by atoms with Gasteiger partial charge in [-0.3, -0.25) is 4.68 Å². The SMILES string of the molecule is Cn1cc(CCNCCCCCI)cn1. The van der Waals surface area contributed by atoms with Gasteiger partial charge < -0.3 is 5.32 Å². The van der Waals surface area contributed by atoms with Crippen molar-refractivity contribution in [2.45, 2.75) is 25.7 Å². The number of alkyl halides is 1. The lowest BCUT2D eigenvalue weighted by Crippen LogP contribution is -2.18. The molecule has 0 aliphatic rings. The van der Waals surface area contributed by atoms with Crippen molar-refractivity contribution in [2.75, 3.05) is 17.5 Å². The number of rotatable bonds is 8. The van der Waals surface area contributed by atoms with Gasteiger partial charge in [-0.15, -0.1) is 0 Å². The monoisotopic (exact) mass is 321 g/mol. The molecular formula is C11H20IN3. The number of hydrogen-bond donors (Lipinski definition) is 1. The maximum atomic E-state index is 4.14. The van der Waals surface area contributed by atoms with Gasteiger partial charge in [0, 0.05) is 13.2 Å². The van der Waals surface area contributed by atoms with Crippen molar-refractivity contribution in [3.63, 3.8) is 0 Å². The van der Waals surface area contributed by atoms with Crippen LogP contribution in [0.15, 0.2) is 12.4 Å². The van der Waals surface area contributed by atoms with Crippen molar-refractivity contribution in [1.29, 1.82) is 0 Å². The molecule has 0 bridgehead atoms. The minimum absolute atomic E-state index is 1.07. The second-order valence-electron chi connectivity index (χ2n) is 3.77. The zero-order valence-electron chi connectivity index (χ0n) is 9.38. The van der Waals surface area contributed by atoms with E-state index in [4.69, 9.17) is 0 Å². The molecule has 0 saturated heterocycles. The molecule has 1 N–H and O–H groups in total. The third-order valence-corrected chi connectivity index (χ3v) is 3.10. The van der Waals surface area contributed by atoms with Crippen LogP contribution in [0.3, 0.4) is 0 Å². The molecule has 0 aliphatic heterocycles. The van der Waals surface area contributed by atoms with Gasteiger partial charge in [0.1, 0.15) is 0 Å². The lowest BCUT2D eigenvalue weighted by Gasteiger charge is -2.02. The first-order valence-electron chi connectivity index (χ1n) is 5.57. The molecule has 3 nitrogen and oxygen atoms in total. The highest BCUT2D eigenvalue weighted by Crippen LogP contribution is 1.98. The third-order valence-electron chi connectivity index (χ3n) is 2.34. The fourth-order valence-corrected chi connectivity index (χ4v) is 2.02. The van der Waals surface area contributed by atoms with Crippen molar-refractivity contribution >= 4 is 22.6 Å². The van der Waals surface area contributed by atoms with E-state index < -0.39 is 0 Å². The Morgan fingerprint density at radius 3 is 2.87 bits per heavy atom. The van der Waals surface area contributed by atoms with Crippen LogP contribution in [0, 0.1) is 0 Å². The number of aryl methyl sites for hydroxylation is 1. The van der Waals surface area contributed by atoms with Gasteiger partial charge in [-0.05, 0) is 42.3 Å². The summed E-state index contributed by atoms with van der Waals surface area (Å²) in [4.78, 5) is 0. The molecule has 0 aliphatic carbocycles. The van der Waals surface area contributed by atoms with Crippen molar-refractivity contribution in [3.8, 4) is 0 Å². The topological polar surface area (TPSA) is 29.9 Å². The van der Waals surface area contributed by atoms with E-state index in [1.54, 1.807) is 0 Å². The highest BCUT2D eigenvalue weighted by Gasteiger charge is 1.95. The largest absolute Gasteiger partial charge is 0.316 e. The molecule has 0 radical (unpaired) electrons. The van der Waals surface area contributed by atoms with Crippen LogP contribution in [0.25, 0.3) is 0 Å². The predicted octanol–water partition coefficient (Wildman–Crippen LogP) is 2.16. The molecule has 1 heterocycles. The highest BCUT2D eigenvalue weighted by atomic mass is 127. The van der Waals surface area contributed by atoms with Crippen LogP contribution >= 0.6 is 22.6 Å². The van der Waals surface area contributed by atoms with Gasteiger partial charge in [-0.1, -0.05) is 29.0 Å². The molecule has 86 valence electrons. The van der Waals surface area contributed by atoms with Crippen LogP contribution in [-0.2, 0) is 13.5 Å². The molecule has 0 amide bonds. The van der Waals surface area contributed by atoms with Gasteiger partial charge in [0.05, 0.1) is 6.20 Å².